The summed E-state index contributed by atoms with van der Waals surface area (Å²) in [6.07, 6.45) is 11.0. The highest BCUT2D eigenvalue weighted by Gasteiger charge is 2.35. The van der Waals surface area contributed by atoms with Gasteiger partial charge in [-0.1, -0.05) is 56.2 Å². The first-order chi connectivity index (χ1) is 14.6. The Morgan fingerprint density at radius 1 is 1.17 bits per heavy atom. The Labute approximate surface area is 180 Å². The van der Waals surface area contributed by atoms with Gasteiger partial charge in [-0.25, -0.2) is 0 Å². The van der Waals surface area contributed by atoms with Crippen molar-refractivity contribution >= 4 is 11.8 Å². The Hall–Kier alpha value is -2.80. The SMILES string of the molecule is C/C=C\C1=C(CC)C(=O)N(CCC#Cc2cccc(OCC3CCCCC3)c2)C1=O. The van der Waals surface area contributed by atoms with Gasteiger partial charge in [-0.15, -0.1) is 0 Å². The lowest BCUT2D eigenvalue weighted by Gasteiger charge is -2.21. The van der Waals surface area contributed by atoms with E-state index < -0.39 is 0 Å². The zero-order valence-electron chi connectivity index (χ0n) is 18.1. The van der Waals surface area contributed by atoms with Crippen molar-refractivity contribution in [2.24, 2.45) is 5.92 Å². The molecule has 1 aromatic carbocycles. The summed E-state index contributed by atoms with van der Waals surface area (Å²) < 4.78 is 5.98. The summed E-state index contributed by atoms with van der Waals surface area (Å²) in [5, 5.41) is 0. The van der Waals surface area contributed by atoms with Crippen LogP contribution in [0.4, 0.5) is 0 Å². The fraction of sp³-hybridized carbons (Fsp3) is 0.462. The molecule has 1 aliphatic heterocycles. The molecule has 1 saturated carbocycles. The normalized spacial score (nSPS) is 17.6. The van der Waals surface area contributed by atoms with Gasteiger partial charge in [0.15, 0.2) is 0 Å². The second-order valence-corrected chi connectivity index (χ2v) is 7.90. The molecule has 1 fully saturated rings. The van der Waals surface area contributed by atoms with Gasteiger partial charge >= 0.3 is 0 Å². The largest absolute Gasteiger partial charge is 0.493 e. The lowest BCUT2D eigenvalue weighted by Crippen LogP contribution is -2.32. The van der Waals surface area contributed by atoms with Crippen molar-refractivity contribution in [1.29, 1.82) is 0 Å². The van der Waals surface area contributed by atoms with Crippen LogP contribution in [0.25, 0.3) is 0 Å². The molecule has 0 bridgehead atoms. The number of amides is 2. The molecule has 2 amide bonds. The lowest BCUT2D eigenvalue weighted by atomic mass is 9.90. The molecule has 0 radical (unpaired) electrons. The van der Waals surface area contributed by atoms with E-state index in [2.05, 4.69) is 11.8 Å². The van der Waals surface area contributed by atoms with Crippen LogP contribution in [0.1, 0.15) is 64.4 Å². The summed E-state index contributed by atoms with van der Waals surface area (Å²) in [5.74, 6) is 7.34. The number of imide groups is 1. The van der Waals surface area contributed by atoms with Crippen molar-refractivity contribution in [2.45, 2.75) is 58.8 Å². The van der Waals surface area contributed by atoms with Gasteiger partial charge in [-0.3, -0.25) is 14.5 Å². The van der Waals surface area contributed by atoms with Gasteiger partial charge in [0.05, 0.1) is 6.61 Å². The molecule has 0 unspecified atom stereocenters. The van der Waals surface area contributed by atoms with Crippen LogP contribution in [0.3, 0.4) is 0 Å². The standard InChI is InChI=1S/C26H31NO3/c1-3-11-24-23(4-2)25(28)27(26(24)29)17-9-8-12-20-15-10-16-22(18-20)30-19-21-13-6-5-7-14-21/h3,10-11,15-16,18,21H,4-7,9,13-14,17,19H2,1-2H3/b11-3-. The molecule has 0 saturated heterocycles. The van der Waals surface area contributed by atoms with Gasteiger partial charge in [0, 0.05) is 29.7 Å². The Morgan fingerprint density at radius 3 is 2.70 bits per heavy atom. The number of carbonyl (C=O) groups is 2. The van der Waals surface area contributed by atoms with Crippen LogP contribution in [0.2, 0.25) is 0 Å². The van der Waals surface area contributed by atoms with Crippen molar-refractivity contribution in [3.8, 4) is 17.6 Å². The zero-order valence-corrected chi connectivity index (χ0v) is 18.1. The second-order valence-electron chi connectivity index (χ2n) is 7.90. The molecule has 1 aromatic rings. The third kappa shape index (κ3) is 5.42. The van der Waals surface area contributed by atoms with E-state index in [9.17, 15) is 9.59 Å². The van der Waals surface area contributed by atoms with E-state index in [1.807, 2.05) is 38.1 Å². The monoisotopic (exact) mass is 405 g/mol. The summed E-state index contributed by atoms with van der Waals surface area (Å²) in [4.78, 5) is 26.3. The van der Waals surface area contributed by atoms with Crippen molar-refractivity contribution < 1.29 is 14.3 Å². The quantitative estimate of drug-likeness (QED) is 0.472. The second kappa shape index (κ2) is 10.8. The Kier molecular flexibility index (Phi) is 7.90. The minimum Gasteiger partial charge on any atom is -0.493 e. The number of nitrogens with zero attached hydrogens (tertiary/aromatic N) is 1. The Balaban J connectivity index is 1.53. The summed E-state index contributed by atoms with van der Waals surface area (Å²) in [6, 6.07) is 7.83. The first-order valence-electron chi connectivity index (χ1n) is 11.1. The van der Waals surface area contributed by atoms with Crippen LogP contribution < -0.4 is 4.74 Å². The van der Waals surface area contributed by atoms with E-state index in [0.717, 1.165) is 17.9 Å². The molecule has 3 rings (SSSR count). The predicted octanol–water partition coefficient (Wildman–Crippen LogP) is 5.04. The van der Waals surface area contributed by atoms with Crippen molar-refractivity contribution in [3.05, 3.63) is 53.1 Å². The molecule has 1 aliphatic carbocycles. The van der Waals surface area contributed by atoms with Crippen LogP contribution in [-0.2, 0) is 9.59 Å². The van der Waals surface area contributed by atoms with Crippen LogP contribution in [0, 0.1) is 17.8 Å². The van der Waals surface area contributed by atoms with Gasteiger partial charge in [-0.2, -0.15) is 0 Å². The molecule has 2 aliphatic rings. The lowest BCUT2D eigenvalue weighted by molar-refractivity contribution is -0.137. The van der Waals surface area contributed by atoms with Crippen LogP contribution in [0.15, 0.2) is 47.6 Å². The smallest absolute Gasteiger partial charge is 0.261 e. The first kappa shape index (κ1) is 21.9. The number of rotatable bonds is 7. The highest BCUT2D eigenvalue weighted by atomic mass is 16.5. The summed E-state index contributed by atoms with van der Waals surface area (Å²) in [6.45, 7) is 4.83. The molecule has 0 N–H and O–H groups in total. The molecular weight excluding hydrogens is 374 g/mol. The van der Waals surface area contributed by atoms with E-state index in [-0.39, 0.29) is 11.8 Å². The maximum absolute atomic E-state index is 12.5. The molecule has 4 nitrogen and oxygen atoms in total. The van der Waals surface area contributed by atoms with E-state index in [1.165, 1.54) is 37.0 Å². The number of hydrogen-bond donors (Lipinski definition) is 0. The number of hydrogen-bond acceptors (Lipinski definition) is 3. The average Bonchev–Trinajstić information content (AvgIpc) is 3.00. The van der Waals surface area contributed by atoms with E-state index >= 15 is 0 Å². The highest BCUT2D eigenvalue weighted by Crippen LogP contribution is 2.25. The molecule has 0 spiro atoms. The molecule has 30 heavy (non-hydrogen) atoms. The Bertz CT molecular complexity index is 894. The van der Waals surface area contributed by atoms with Crippen LogP contribution >= 0.6 is 0 Å². The minimum atomic E-state index is -0.213. The van der Waals surface area contributed by atoms with E-state index in [4.69, 9.17) is 4.74 Å². The van der Waals surface area contributed by atoms with Crippen LogP contribution in [0.5, 0.6) is 5.75 Å². The third-order valence-electron chi connectivity index (χ3n) is 5.73. The number of benzene rings is 1. The fourth-order valence-corrected chi connectivity index (χ4v) is 4.09. The molecule has 0 aromatic heterocycles. The topological polar surface area (TPSA) is 46.6 Å². The minimum absolute atomic E-state index is 0.185. The molecular formula is C26H31NO3. The predicted molar refractivity (Wildman–Crippen MR) is 119 cm³/mol. The Morgan fingerprint density at radius 2 is 1.97 bits per heavy atom. The molecule has 0 atom stereocenters. The highest BCUT2D eigenvalue weighted by molar-refractivity contribution is 6.20. The van der Waals surface area contributed by atoms with Gasteiger partial charge in [-0.05, 0) is 50.3 Å². The summed E-state index contributed by atoms with van der Waals surface area (Å²) >= 11 is 0. The van der Waals surface area contributed by atoms with E-state index in [1.54, 1.807) is 12.2 Å². The van der Waals surface area contributed by atoms with Gasteiger partial charge < -0.3 is 4.74 Å². The maximum atomic E-state index is 12.5. The van der Waals surface area contributed by atoms with Crippen molar-refractivity contribution in [3.63, 3.8) is 0 Å². The summed E-state index contributed by atoms with van der Waals surface area (Å²) in [7, 11) is 0. The van der Waals surface area contributed by atoms with Gasteiger partial charge in [0.2, 0.25) is 0 Å². The van der Waals surface area contributed by atoms with Crippen molar-refractivity contribution in [1.82, 2.24) is 4.90 Å². The van der Waals surface area contributed by atoms with Gasteiger partial charge in [0.1, 0.15) is 5.75 Å². The third-order valence-corrected chi connectivity index (χ3v) is 5.73. The van der Waals surface area contributed by atoms with Gasteiger partial charge in [0.25, 0.3) is 11.8 Å². The summed E-state index contributed by atoms with van der Waals surface area (Å²) in [5.41, 5.74) is 1.99. The zero-order chi connectivity index (χ0) is 21.3. The number of carbonyl (C=O) groups excluding carboxylic acids is 2. The molecule has 4 heteroatoms. The van der Waals surface area contributed by atoms with Crippen LogP contribution in [-0.4, -0.2) is 29.9 Å². The fourth-order valence-electron chi connectivity index (χ4n) is 4.09. The maximum Gasteiger partial charge on any atom is 0.261 e. The molecule has 1 heterocycles. The average molecular weight is 406 g/mol. The number of ether oxygens (including phenoxy) is 1. The number of allylic oxidation sites excluding steroid dienone is 1. The van der Waals surface area contributed by atoms with Crippen molar-refractivity contribution in [2.75, 3.05) is 13.2 Å². The first-order valence-corrected chi connectivity index (χ1v) is 11.1. The molecule has 158 valence electrons. The van der Waals surface area contributed by atoms with E-state index in [0.29, 0.717) is 36.5 Å².